The van der Waals surface area contributed by atoms with E-state index in [4.69, 9.17) is 9.72 Å². The molecule has 184 valence electrons. The lowest BCUT2D eigenvalue weighted by atomic mass is 9.90. The Labute approximate surface area is 210 Å². The molecule has 36 heavy (non-hydrogen) atoms. The Hall–Kier alpha value is -3.78. The largest absolute Gasteiger partial charge is 0.439 e. The van der Waals surface area contributed by atoms with Crippen LogP contribution in [0.3, 0.4) is 0 Å². The van der Waals surface area contributed by atoms with E-state index in [1.807, 2.05) is 42.5 Å². The number of hydrogen-bond donors (Lipinski definition) is 2. The molecule has 6 rings (SSSR count). The molecule has 3 aromatic heterocycles. The second-order valence-electron chi connectivity index (χ2n) is 9.67. The van der Waals surface area contributed by atoms with Crippen molar-refractivity contribution in [2.24, 2.45) is 5.92 Å². The van der Waals surface area contributed by atoms with Crippen LogP contribution >= 0.6 is 0 Å². The summed E-state index contributed by atoms with van der Waals surface area (Å²) in [6.07, 6.45) is 8.30. The summed E-state index contributed by atoms with van der Waals surface area (Å²) in [5.41, 5.74) is 3.74. The molecule has 0 bridgehead atoms. The quantitative estimate of drug-likeness (QED) is 0.424. The van der Waals surface area contributed by atoms with E-state index >= 15 is 0 Å². The highest BCUT2D eigenvalue weighted by Gasteiger charge is 2.33. The van der Waals surface area contributed by atoms with Gasteiger partial charge in [-0.05, 0) is 75.2 Å². The maximum atomic E-state index is 13.2. The number of likely N-dealkylation sites (tertiary alicyclic amines) is 1. The number of ether oxygens (including phenoxy) is 1. The van der Waals surface area contributed by atoms with Crippen molar-refractivity contribution >= 4 is 16.8 Å². The first-order valence-corrected chi connectivity index (χ1v) is 12.8. The van der Waals surface area contributed by atoms with Crippen molar-refractivity contribution in [3.63, 3.8) is 0 Å². The van der Waals surface area contributed by atoms with Gasteiger partial charge in [-0.1, -0.05) is 6.07 Å². The van der Waals surface area contributed by atoms with Crippen LogP contribution in [0.4, 0.5) is 0 Å². The molecule has 0 spiro atoms. The average Bonchev–Trinajstić information content (AvgIpc) is 3.46. The lowest BCUT2D eigenvalue weighted by Gasteiger charge is -2.40. The van der Waals surface area contributed by atoms with Gasteiger partial charge in [-0.25, -0.2) is 4.98 Å². The maximum Gasteiger partial charge on any atom is 0.226 e. The van der Waals surface area contributed by atoms with Crippen LogP contribution in [-0.4, -0.2) is 56.6 Å². The SMILES string of the molecule is O=C1C(Cc2ccc3cc(Oc4ccc(-c5ccn[nH]5)cn4)ccc3n2)CCCN1C1CCNCC1. The summed E-state index contributed by atoms with van der Waals surface area (Å²) >= 11 is 0. The number of aromatic amines is 1. The van der Waals surface area contributed by atoms with E-state index in [1.54, 1.807) is 12.4 Å². The van der Waals surface area contributed by atoms with Crippen LogP contribution in [0.5, 0.6) is 11.6 Å². The molecule has 1 amide bonds. The summed E-state index contributed by atoms with van der Waals surface area (Å²) in [6.45, 7) is 2.90. The Morgan fingerprint density at radius 2 is 1.94 bits per heavy atom. The minimum Gasteiger partial charge on any atom is -0.439 e. The fourth-order valence-corrected chi connectivity index (χ4v) is 5.36. The zero-order chi connectivity index (χ0) is 24.3. The third-order valence-electron chi connectivity index (χ3n) is 7.28. The van der Waals surface area contributed by atoms with E-state index < -0.39 is 0 Å². The first-order valence-electron chi connectivity index (χ1n) is 12.8. The van der Waals surface area contributed by atoms with Gasteiger partial charge in [-0.2, -0.15) is 5.10 Å². The molecule has 1 aromatic carbocycles. The Balaban J connectivity index is 1.13. The van der Waals surface area contributed by atoms with Crippen molar-refractivity contribution in [2.45, 2.75) is 38.1 Å². The minimum absolute atomic E-state index is 0.0250. The molecule has 0 aliphatic carbocycles. The first kappa shape index (κ1) is 22.7. The number of aromatic nitrogens is 4. The molecule has 0 saturated carbocycles. The number of piperidine rings is 2. The Kier molecular flexibility index (Phi) is 6.34. The predicted molar refractivity (Wildman–Crippen MR) is 138 cm³/mol. The van der Waals surface area contributed by atoms with E-state index in [2.05, 4.69) is 31.5 Å². The van der Waals surface area contributed by atoms with Gasteiger partial charge in [0.2, 0.25) is 11.8 Å². The molecule has 2 fully saturated rings. The fourth-order valence-electron chi connectivity index (χ4n) is 5.36. The van der Waals surface area contributed by atoms with Gasteiger partial charge in [0.25, 0.3) is 0 Å². The smallest absolute Gasteiger partial charge is 0.226 e. The molecule has 2 N–H and O–H groups in total. The van der Waals surface area contributed by atoms with E-state index in [1.165, 1.54) is 0 Å². The number of amides is 1. The number of benzene rings is 1. The van der Waals surface area contributed by atoms with Crippen molar-refractivity contribution in [3.8, 4) is 22.9 Å². The number of hydrogen-bond acceptors (Lipinski definition) is 6. The van der Waals surface area contributed by atoms with Gasteiger partial charge in [-0.3, -0.25) is 14.9 Å². The normalized spacial score (nSPS) is 19.1. The summed E-state index contributed by atoms with van der Waals surface area (Å²) in [7, 11) is 0. The van der Waals surface area contributed by atoms with Crippen molar-refractivity contribution in [2.75, 3.05) is 19.6 Å². The summed E-state index contributed by atoms with van der Waals surface area (Å²) in [6, 6.07) is 16.0. The van der Waals surface area contributed by atoms with E-state index in [9.17, 15) is 4.79 Å². The van der Waals surface area contributed by atoms with Gasteiger partial charge >= 0.3 is 0 Å². The number of rotatable bonds is 6. The number of carbonyl (C=O) groups is 1. The number of fused-ring (bicyclic) bond motifs is 1. The van der Waals surface area contributed by atoms with Crippen LogP contribution in [0, 0.1) is 5.92 Å². The molecule has 8 nitrogen and oxygen atoms in total. The van der Waals surface area contributed by atoms with Crippen LogP contribution in [-0.2, 0) is 11.2 Å². The summed E-state index contributed by atoms with van der Waals surface area (Å²) in [4.78, 5) is 24.7. The molecule has 2 aliphatic heterocycles. The molecule has 2 aliphatic rings. The highest BCUT2D eigenvalue weighted by atomic mass is 16.5. The Morgan fingerprint density at radius 1 is 1.03 bits per heavy atom. The first-order chi connectivity index (χ1) is 17.7. The van der Waals surface area contributed by atoms with E-state index in [-0.39, 0.29) is 5.92 Å². The van der Waals surface area contributed by atoms with Crippen molar-refractivity contribution in [3.05, 3.63) is 66.6 Å². The van der Waals surface area contributed by atoms with E-state index in [0.717, 1.165) is 73.2 Å². The van der Waals surface area contributed by atoms with Gasteiger partial charge in [0.15, 0.2) is 0 Å². The molecule has 1 unspecified atom stereocenters. The molecular formula is C28H30N6O2. The second kappa shape index (κ2) is 10.1. The lowest BCUT2D eigenvalue weighted by Crippen LogP contribution is -2.51. The third kappa shape index (κ3) is 4.81. The predicted octanol–water partition coefficient (Wildman–Crippen LogP) is 4.35. The Morgan fingerprint density at radius 3 is 2.75 bits per heavy atom. The minimum atomic E-state index is 0.0250. The van der Waals surface area contributed by atoms with Crippen LogP contribution < -0.4 is 10.1 Å². The van der Waals surface area contributed by atoms with Gasteiger partial charge < -0.3 is 15.0 Å². The highest BCUT2D eigenvalue weighted by molar-refractivity contribution is 5.82. The zero-order valence-corrected chi connectivity index (χ0v) is 20.2. The highest BCUT2D eigenvalue weighted by Crippen LogP contribution is 2.28. The fraction of sp³-hybridized carbons (Fsp3) is 0.357. The van der Waals surface area contributed by atoms with Gasteiger partial charge in [0, 0.05) is 60.0 Å². The Bertz CT molecular complexity index is 1330. The van der Waals surface area contributed by atoms with Gasteiger partial charge in [-0.15, -0.1) is 0 Å². The van der Waals surface area contributed by atoms with Crippen molar-refractivity contribution in [1.29, 1.82) is 0 Å². The van der Waals surface area contributed by atoms with Crippen LogP contribution in [0.25, 0.3) is 22.2 Å². The molecule has 0 radical (unpaired) electrons. The van der Waals surface area contributed by atoms with Gasteiger partial charge in [0.1, 0.15) is 5.75 Å². The second-order valence-corrected chi connectivity index (χ2v) is 9.67. The lowest BCUT2D eigenvalue weighted by molar-refractivity contribution is -0.141. The van der Waals surface area contributed by atoms with Crippen LogP contribution in [0.2, 0.25) is 0 Å². The van der Waals surface area contributed by atoms with E-state index in [0.29, 0.717) is 30.0 Å². The van der Waals surface area contributed by atoms with Gasteiger partial charge in [0.05, 0.1) is 11.2 Å². The molecule has 2 saturated heterocycles. The monoisotopic (exact) mass is 482 g/mol. The molecular weight excluding hydrogens is 452 g/mol. The topological polar surface area (TPSA) is 96.0 Å². The number of pyridine rings is 2. The molecule has 4 aromatic rings. The molecule has 5 heterocycles. The standard InChI is InChI=1S/C28H30N6O2/c35-28-20(2-1-15-34(28)23-9-12-29-13-10-23)16-22-5-3-19-17-24(6-7-25(19)32-22)36-27-8-4-21(18-30-27)26-11-14-31-33-26/h3-8,11,14,17-18,20,23,29H,1-2,9-10,12-13,15-16H2,(H,31,33). The van der Waals surface area contributed by atoms with Crippen molar-refractivity contribution in [1.82, 2.24) is 30.4 Å². The third-order valence-corrected chi connectivity index (χ3v) is 7.28. The summed E-state index contributed by atoms with van der Waals surface area (Å²) < 4.78 is 5.97. The summed E-state index contributed by atoms with van der Waals surface area (Å²) in [5.74, 6) is 1.57. The number of carbonyl (C=O) groups excluding carboxylic acids is 1. The summed E-state index contributed by atoms with van der Waals surface area (Å²) in [5, 5.41) is 11.3. The molecule has 1 atom stereocenters. The maximum absolute atomic E-state index is 13.2. The zero-order valence-electron chi connectivity index (χ0n) is 20.2. The van der Waals surface area contributed by atoms with Crippen LogP contribution in [0.15, 0.2) is 60.9 Å². The number of nitrogens with one attached hydrogen (secondary N) is 2. The van der Waals surface area contributed by atoms with Crippen molar-refractivity contribution < 1.29 is 9.53 Å². The number of H-pyrrole nitrogens is 1. The molecule has 8 heteroatoms. The van der Waals surface area contributed by atoms with Crippen LogP contribution in [0.1, 0.15) is 31.4 Å². The number of nitrogens with zero attached hydrogens (tertiary/aromatic N) is 4. The average molecular weight is 483 g/mol.